The molecule has 0 aromatic heterocycles. The summed E-state index contributed by atoms with van der Waals surface area (Å²) >= 11 is 0. The maximum atomic E-state index is 12.6. The molecule has 3 amide bonds. The second-order valence-electron chi connectivity index (χ2n) is 7.94. The first-order valence-electron chi connectivity index (χ1n) is 10.1. The van der Waals surface area contributed by atoms with Crippen molar-refractivity contribution in [3.8, 4) is 0 Å². The largest absolute Gasteiger partial charge is 0.355 e. The number of carbonyl (C=O) groups excluding carboxylic acids is 3. The average molecular weight is 386 g/mol. The summed E-state index contributed by atoms with van der Waals surface area (Å²) < 4.78 is 0. The fourth-order valence-corrected chi connectivity index (χ4v) is 3.92. The van der Waals surface area contributed by atoms with Crippen LogP contribution in [0.2, 0.25) is 0 Å². The quantitative estimate of drug-likeness (QED) is 0.783. The third-order valence-electron chi connectivity index (χ3n) is 5.54. The number of nitrogens with one attached hydrogen (secondary N) is 2. The van der Waals surface area contributed by atoms with E-state index in [1.807, 2.05) is 12.1 Å². The number of piperidine rings is 1. The molecular formula is C21H30N4O3. The van der Waals surface area contributed by atoms with Crippen molar-refractivity contribution < 1.29 is 14.4 Å². The minimum Gasteiger partial charge on any atom is -0.355 e. The molecule has 28 heavy (non-hydrogen) atoms. The van der Waals surface area contributed by atoms with E-state index in [4.69, 9.17) is 0 Å². The van der Waals surface area contributed by atoms with Gasteiger partial charge in [0.25, 0.3) is 0 Å². The molecule has 2 heterocycles. The van der Waals surface area contributed by atoms with Gasteiger partial charge in [0.1, 0.15) is 6.54 Å². The number of benzene rings is 1. The molecule has 1 aromatic carbocycles. The average Bonchev–Trinajstić information content (AvgIpc) is 2.69. The summed E-state index contributed by atoms with van der Waals surface area (Å²) in [4.78, 5) is 40.5. The smallest absolute Gasteiger partial charge is 0.244 e. The number of para-hydroxylation sites is 2. The molecule has 152 valence electrons. The van der Waals surface area contributed by atoms with E-state index < -0.39 is 0 Å². The number of anilines is 2. The molecule has 2 aliphatic heterocycles. The third-order valence-corrected chi connectivity index (χ3v) is 5.54. The van der Waals surface area contributed by atoms with Gasteiger partial charge >= 0.3 is 0 Å². The standard InChI is InChI=1S/C21H30N4O3/c1-15-6-5-11-24(13-15)16(2)12-22-19(26)9-10-21(28)25-14-20(27)23-17-7-3-4-8-18(17)25/h3-4,7-8,15-16H,5-6,9-14H2,1-2H3,(H,22,26)(H,23,27). The van der Waals surface area contributed by atoms with Crippen LogP contribution in [0, 0.1) is 5.92 Å². The van der Waals surface area contributed by atoms with Crippen LogP contribution in [0.15, 0.2) is 24.3 Å². The van der Waals surface area contributed by atoms with Gasteiger partial charge in [-0.15, -0.1) is 0 Å². The SMILES string of the molecule is CC1CCCN(C(C)CNC(=O)CCC(=O)N2CC(=O)Nc3ccccc32)C1. The van der Waals surface area contributed by atoms with Gasteiger partial charge < -0.3 is 15.5 Å². The normalized spacial score (nSPS) is 20.9. The van der Waals surface area contributed by atoms with Crippen LogP contribution in [0.4, 0.5) is 11.4 Å². The van der Waals surface area contributed by atoms with E-state index in [-0.39, 0.29) is 37.1 Å². The van der Waals surface area contributed by atoms with Gasteiger partial charge in [-0.25, -0.2) is 0 Å². The van der Waals surface area contributed by atoms with Crippen LogP contribution in [0.25, 0.3) is 0 Å². The zero-order valence-corrected chi connectivity index (χ0v) is 16.7. The first-order valence-corrected chi connectivity index (χ1v) is 10.1. The molecule has 7 heteroatoms. The summed E-state index contributed by atoms with van der Waals surface area (Å²) in [5.41, 5.74) is 1.31. The van der Waals surface area contributed by atoms with Crippen LogP contribution in [-0.4, -0.2) is 54.8 Å². The van der Waals surface area contributed by atoms with Gasteiger partial charge in [0.15, 0.2) is 0 Å². The van der Waals surface area contributed by atoms with Crippen LogP contribution in [0.5, 0.6) is 0 Å². The van der Waals surface area contributed by atoms with Crippen LogP contribution < -0.4 is 15.5 Å². The van der Waals surface area contributed by atoms with E-state index in [0.717, 1.165) is 13.1 Å². The molecule has 1 saturated heterocycles. The van der Waals surface area contributed by atoms with Crippen molar-refractivity contribution in [3.63, 3.8) is 0 Å². The van der Waals surface area contributed by atoms with Gasteiger partial charge in [-0.2, -0.15) is 0 Å². The van der Waals surface area contributed by atoms with Crippen molar-refractivity contribution in [1.29, 1.82) is 0 Å². The molecule has 1 fully saturated rings. The molecule has 0 aliphatic carbocycles. The lowest BCUT2D eigenvalue weighted by atomic mass is 9.99. The molecule has 3 rings (SSSR count). The Morgan fingerprint density at radius 3 is 2.86 bits per heavy atom. The highest BCUT2D eigenvalue weighted by atomic mass is 16.2. The molecule has 2 unspecified atom stereocenters. The number of amides is 3. The van der Waals surface area contributed by atoms with Crippen LogP contribution in [-0.2, 0) is 14.4 Å². The number of rotatable bonds is 6. The lowest BCUT2D eigenvalue weighted by molar-refractivity contribution is -0.126. The van der Waals surface area contributed by atoms with Crippen molar-refractivity contribution in [2.75, 3.05) is 36.4 Å². The summed E-state index contributed by atoms with van der Waals surface area (Å²) in [5.74, 6) is 0.144. The number of hydrogen-bond donors (Lipinski definition) is 2. The van der Waals surface area contributed by atoms with Crippen LogP contribution in [0.3, 0.4) is 0 Å². The first-order chi connectivity index (χ1) is 13.4. The van der Waals surface area contributed by atoms with E-state index in [1.165, 1.54) is 17.7 Å². The van der Waals surface area contributed by atoms with E-state index >= 15 is 0 Å². The maximum Gasteiger partial charge on any atom is 0.244 e. The lowest BCUT2D eigenvalue weighted by Gasteiger charge is -2.35. The van der Waals surface area contributed by atoms with Crippen LogP contribution in [0.1, 0.15) is 39.5 Å². The molecule has 1 aromatic rings. The Balaban J connectivity index is 1.46. The Morgan fingerprint density at radius 1 is 1.29 bits per heavy atom. The van der Waals surface area contributed by atoms with Gasteiger partial charge in [0, 0.05) is 32.0 Å². The number of carbonyl (C=O) groups is 3. The second-order valence-corrected chi connectivity index (χ2v) is 7.94. The zero-order valence-electron chi connectivity index (χ0n) is 16.7. The molecule has 0 spiro atoms. The molecule has 7 nitrogen and oxygen atoms in total. The minimum atomic E-state index is -0.221. The number of hydrogen-bond acceptors (Lipinski definition) is 4. The third kappa shape index (κ3) is 5.10. The predicted octanol–water partition coefficient (Wildman–Crippen LogP) is 1.99. The molecule has 0 radical (unpaired) electrons. The summed E-state index contributed by atoms with van der Waals surface area (Å²) in [6.07, 6.45) is 2.69. The van der Waals surface area contributed by atoms with Gasteiger partial charge in [0.05, 0.1) is 11.4 Å². The summed E-state index contributed by atoms with van der Waals surface area (Å²) in [6, 6.07) is 7.49. The highest BCUT2D eigenvalue weighted by molar-refractivity contribution is 6.10. The molecule has 0 bridgehead atoms. The minimum absolute atomic E-state index is 0.0123. The van der Waals surface area contributed by atoms with E-state index in [2.05, 4.69) is 29.4 Å². The van der Waals surface area contributed by atoms with Crippen molar-refractivity contribution in [3.05, 3.63) is 24.3 Å². The number of nitrogens with zero attached hydrogens (tertiary/aromatic N) is 2. The first kappa shape index (κ1) is 20.3. The van der Waals surface area contributed by atoms with E-state index in [9.17, 15) is 14.4 Å². The van der Waals surface area contributed by atoms with Gasteiger partial charge in [-0.3, -0.25) is 19.3 Å². The molecule has 0 saturated carbocycles. The maximum absolute atomic E-state index is 12.6. The highest BCUT2D eigenvalue weighted by Gasteiger charge is 2.27. The fourth-order valence-electron chi connectivity index (χ4n) is 3.92. The Morgan fingerprint density at radius 2 is 2.07 bits per heavy atom. The zero-order chi connectivity index (χ0) is 20.1. The van der Waals surface area contributed by atoms with Crippen LogP contribution >= 0.6 is 0 Å². The second kappa shape index (κ2) is 9.19. The molecule has 2 atom stereocenters. The Kier molecular flexibility index (Phi) is 6.67. The van der Waals surface area contributed by atoms with Crippen molar-refractivity contribution in [1.82, 2.24) is 10.2 Å². The summed E-state index contributed by atoms with van der Waals surface area (Å²) in [5, 5.41) is 5.71. The van der Waals surface area contributed by atoms with Gasteiger partial charge in [-0.05, 0) is 44.4 Å². The molecular weight excluding hydrogens is 356 g/mol. The molecule has 2 N–H and O–H groups in total. The predicted molar refractivity (Wildman–Crippen MR) is 109 cm³/mol. The van der Waals surface area contributed by atoms with Crippen molar-refractivity contribution >= 4 is 29.1 Å². The van der Waals surface area contributed by atoms with Gasteiger partial charge in [-0.1, -0.05) is 19.1 Å². The van der Waals surface area contributed by atoms with E-state index in [1.54, 1.807) is 12.1 Å². The monoisotopic (exact) mass is 386 g/mol. The summed E-state index contributed by atoms with van der Waals surface area (Å²) in [6.45, 7) is 7.13. The van der Waals surface area contributed by atoms with Crippen molar-refractivity contribution in [2.45, 2.75) is 45.6 Å². The van der Waals surface area contributed by atoms with Gasteiger partial charge in [0.2, 0.25) is 17.7 Å². The Hall–Kier alpha value is -2.41. The summed E-state index contributed by atoms with van der Waals surface area (Å²) in [7, 11) is 0. The number of fused-ring (bicyclic) bond motifs is 1. The van der Waals surface area contributed by atoms with E-state index in [0.29, 0.717) is 29.9 Å². The molecule has 2 aliphatic rings. The lowest BCUT2D eigenvalue weighted by Crippen LogP contribution is -2.46. The number of likely N-dealkylation sites (tertiary alicyclic amines) is 1. The Labute approximate surface area is 166 Å². The Bertz CT molecular complexity index is 736. The van der Waals surface area contributed by atoms with Crippen molar-refractivity contribution in [2.24, 2.45) is 5.92 Å². The highest BCUT2D eigenvalue weighted by Crippen LogP contribution is 2.29. The topological polar surface area (TPSA) is 81.8 Å². The fraction of sp³-hybridized carbons (Fsp3) is 0.571.